The molecule has 0 fully saturated rings. The molecule has 3 aromatic rings. The standard InChI is InChI=1S/C40H45NO10/c1-4-37(42)49-26-12-8-6-10-24-47-32-18-14-30(15-19-32)29-41-36-23-22-34(28-35(36)40(45)46-3)51-39(44)31-16-20-33(21-17-31)48-25-11-7-9-13-27-50-38(43)5-2/h4-5,14-23,28-29H,1-2,6-13,24-27H2,3H3/b41-29+. The Bertz CT molecular complexity index is 1610. The van der Waals surface area contributed by atoms with Gasteiger partial charge in [-0.2, -0.15) is 0 Å². The van der Waals surface area contributed by atoms with Crippen LogP contribution in [0.2, 0.25) is 0 Å². The smallest absolute Gasteiger partial charge is 0.343 e. The van der Waals surface area contributed by atoms with E-state index in [1.54, 1.807) is 42.6 Å². The Morgan fingerprint density at radius 3 is 1.61 bits per heavy atom. The Kier molecular flexibility index (Phi) is 17.8. The number of carbonyl (C=O) groups is 4. The van der Waals surface area contributed by atoms with Gasteiger partial charge in [-0.25, -0.2) is 19.2 Å². The molecular weight excluding hydrogens is 654 g/mol. The highest BCUT2D eigenvalue weighted by atomic mass is 16.5. The van der Waals surface area contributed by atoms with Crippen LogP contribution in [0.3, 0.4) is 0 Å². The van der Waals surface area contributed by atoms with Gasteiger partial charge in [0.05, 0.1) is 50.4 Å². The van der Waals surface area contributed by atoms with Gasteiger partial charge in [-0.15, -0.1) is 0 Å². The van der Waals surface area contributed by atoms with E-state index in [0.29, 0.717) is 43.4 Å². The predicted molar refractivity (Wildman–Crippen MR) is 193 cm³/mol. The first-order chi connectivity index (χ1) is 24.8. The Morgan fingerprint density at radius 2 is 1.10 bits per heavy atom. The lowest BCUT2D eigenvalue weighted by Crippen LogP contribution is -2.09. The molecule has 0 aromatic heterocycles. The zero-order valence-electron chi connectivity index (χ0n) is 29.0. The molecule has 0 spiro atoms. The average Bonchev–Trinajstić information content (AvgIpc) is 3.16. The van der Waals surface area contributed by atoms with Gasteiger partial charge in [-0.05, 0) is 124 Å². The molecule has 51 heavy (non-hydrogen) atoms. The molecule has 0 bridgehead atoms. The highest BCUT2D eigenvalue weighted by molar-refractivity contribution is 5.97. The number of benzene rings is 3. The van der Waals surface area contributed by atoms with Crippen molar-refractivity contribution in [3.63, 3.8) is 0 Å². The van der Waals surface area contributed by atoms with Crippen LogP contribution in [0.15, 0.2) is 97.0 Å². The summed E-state index contributed by atoms with van der Waals surface area (Å²) in [5.74, 6) is -0.524. The predicted octanol–water partition coefficient (Wildman–Crippen LogP) is 7.78. The van der Waals surface area contributed by atoms with Crippen LogP contribution in [0.25, 0.3) is 0 Å². The summed E-state index contributed by atoms with van der Waals surface area (Å²) >= 11 is 0. The molecule has 3 rings (SSSR count). The molecule has 0 aliphatic heterocycles. The molecule has 11 nitrogen and oxygen atoms in total. The van der Waals surface area contributed by atoms with Crippen molar-refractivity contribution in [3.8, 4) is 17.2 Å². The summed E-state index contributed by atoms with van der Waals surface area (Å²) in [6.45, 7) is 8.59. The van der Waals surface area contributed by atoms with Crippen LogP contribution in [-0.4, -0.2) is 63.6 Å². The van der Waals surface area contributed by atoms with E-state index in [0.717, 1.165) is 74.8 Å². The van der Waals surface area contributed by atoms with Gasteiger partial charge in [0.1, 0.15) is 17.2 Å². The van der Waals surface area contributed by atoms with Gasteiger partial charge in [-0.3, -0.25) is 4.99 Å². The number of carbonyl (C=O) groups excluding carboxylic acids is 4. The number of nitrogens with zero attached hydrogens (tertiary/aromatic N) is 1. The summed E-state index contributed by atoms with van der Waals surface area (Å²) in [4.78, 5) is 51.9. The third kappa shape index (κ3) is 15.2. The van der Waals surface area contributed by atoms with Crippen LogP contribution in [0.4, 0.5) is 5.69 Å². The first kappa shape index (κ1) is 39.7. The van der Waals surface area contributed by atoms with Gasteiger partial charge in [0.15, 0.2) is 0 Å². The van der Waals surface area contributed by atoms with E-state index in [1.165, 1.54) is 13.2 Å². The molecule has 0 aliphatic carbocycles. The van der Waals surface area contributed by atoms with Gasteiger partial charge in [0.2, 0.25) is 0 Å². The fraction of sp³-hybridized carbons (Fsp3) is 0.325. The minimum Gasteiger partial charge on any atom is -0.494 e. The van der Waals surface area contributed by atoms with Crippen molar-refractivity contribution < 1.29 is 47.6 Å². The van der Waals surface area contributed by atoms with Crippen LogP contribution in [0.1, 0.15) is 77.6 Å². The number of ether oxygens (including phenoxy) is 6. The van der Waals surface area contributed by atoms with Crippen LogP contribution in [0, 0.1) is 0 Å². The van der Waals surface area contributed by atoms with E-state index in [2.05, 4.69) is 18.2 Å². The summed E-state index contributed by atoms with van der Waals surface area (Å²) in [7, 11) is 1.27. The summed E-state index contributed by atoms with van der Waals surface area (Å²) in [6.07, 6.45) is 11.0. The lowest BCUT2D eigenvalue weighted by molar-refractivity contribution is -0.138. The zero-order valence-corrected chi connectivity index (χ0v) is 29.0. The molecule has 0 amide bonds. The average molecular weight is 700 g/mol. The van der Waals surface area contributed by atoms with Gasteiger partial charge in [0.25, 0.3) is 0 Å². The molecule has 0 unspecified atom stereocenters. The van der Waals surface area contributed by atoms with Gasteiger partial charge in [-0.1, -0.05) is 13.2 Å². The SMILES string of the molecule is C=CC(=O)OCCCCCCOc1ccc(/C=N/c2ccc(OC(=O)c3ccc(OCCCCCCOC(=O)C=C)cc3)cc2C(=O)OC)cc1. The molecule has 11 heteroatoms. The second-order valence-corrected chi connectivity index (χ2v) is 11.2. The highest BCUT2D eigenvalue weighted by Gasteiger charge is 2.16. The van der Waals surface area contributed by atoms with Crippen molar-refractivity contribution in [2.24, 2.45) is 4.99 Å². The summed E-state index contributed by atoms with van der Waals surface area (Å²) < 4.78 is 32.0. The van der Waals surface area contributed by atoms with E-state index in [9.17, 15) is 19.2 Å². The number of rotatable bonds is 23. The third-order valence-electron chi connectivity index (χ3n) is 7.34. The Balaban J connectivity index is 1.45. The zero-order chi connectivity index (χ0) is 36.7. The van der Waals surface area contributed by atoms with Gasteiger partial charge in [0, 0.05) is 18.4 Å². The van der Waals surface area contributed by atoms with Crippen LogP contribution >= 0.6 is 0 Å². The Labute approximate surface area is 298 Å². The van der Waals surface area contributed by atoms with E-state index < -0.39 is 23.9 Å². The lowest BCUT2D eigenvalue weighted by atomic mass is 10.1. The number of aliphatic imine (C=N–C) groups is 1. The van der Waals surface area contributed by atoms with Gasteiger partial charge < -0.3 is 28.4 Å². The molecule has 0 radical (unpaired) electrons. The fourth-order valence-corrected chi connectivity index (χ4v) is 4.57. The minimum absolute atomic E-state index is 0.138. The quantitative estimate of drug-likeness (QED) is 0.0241. The van der Waals surface area contributed by atoms with Crippen molar-refractivity contribution in [2.45, 2.75) is 51.4 Å². The van der Waals surface area contributed by atoms with Crippen LogP contribution in [0.5, 0.6) is 17.2 Å². The van der Waals surface area contributed by atoms with E-state index in [4.69, 9.17) is 28.4 Å². The number of hydrogen-bond donors (Lipinski definition) is 0. The van der Waals surface area contributed by atoms with Crippen molar-refractivity contribution in [1.29, 1.82) is 0 Å². The maximum absolute atomic E-state index is 12.8. The second kappa shape index (κ2) is 22.8. The fourth-order valence-electron chi connectivity index (χ4n) is 4.57. The molecule has 0 atom stereocenters. The number of unbranched alkanes of at least 4 members (excludes halogenated alkanes) is 6. The normalized spacial score (nSPS) is 10.6. The second-order valence-electron chi connectivity index (χ2n) is 11.2. The van der Waals surface area contributed by atoms with E-state index in [1.807, 2.05) is 24.3 Å². The largest absolute Gasteiger partial charge is 0.494 e. The van der Waals surface area contributed by atoms with Gasteiger partial charge >= 0.3 is 23.9 Å². The Hall–Kier alpha value is -5.71. The van der Waals surface area contributed by atoms with Crippen LogP contribution in [-0.2, 0) is 23.8 Å². The summed E-state index contributed by atoms with van der Waals surface area (Å²) in [5.41, 5.74) is 1.59. The molecular formula is C40H45NO10. The minimum atomic E-state index is -0.626. The molecule has 0 N–H and O–H groups in total. The molecule has 0 heterocycles. The van der Waals surface area contributed by atoms with Crippen molar-refractivity contribution in [3.05, 3.63) is 109 Å². The monoisotopic (exact) mass is 699 g/mol. The van der Waals surface area contributed by atoms with E-state index >= 15 is 0 Å². The topological polar surface area (TPSA) is 136 Å². The maximum atomic E-state index is 12.8. The first-order valence-electron chi connectivity index (χ1n) is 16.9. The van der Waals surface area contributed by atoms with Crippen molar-refractivity contribution >= 4 is 35.8 Å². The number of hydrogen-bond acceptors (Lipinski definition) is 11. The molecule has 0 saturated carbocycles. The number of esters is 4. The molecule has 0 saturated heterocycles. The summed E-state index contributed by atoms with van der Waals surface area (Å²) in [6, 6.07) is 18.5. The Morgan fingerprint density at radius 1 is 0.608 bits per heavy atom. The highest BCUT2D eigenvalue weighted by Crippen LogP contribution is 2.27. The first-order valence-corrected chi connectivity index (χ1v) is 16.9. The van der Waals surface area contributed by atoms with Crippen LogP contribution < -0.4 is 14.2 Å². The molecule has 270 valence electrons. The third-order valence-corrected chi connectivity index (χ3v) is 7.34. The number of methoxy groups -OCH3 is 1. The van der Waals surface area contributed by atoms with Crippen molar-refractivity contribution in [1.82, 2.24) is 0 Å². The summed E-state index contributed by atoms with van der Waals surface area (Å²) in [5, 5.41) is 0. The maximum Gasteiger partial charge on any atom is 0.343 e. The lowest BCUT2D eigenvalue weighted by Gasteiger charge is -2.10. The molecule has 3 aromatic carbocycles. The van der Waals surface area contributed by atoms with Crippen molar-refractivity contribution in [2.75, 3.05) is 33.5 Å². The van der Waals surface area contributed by atoms with E-state index in [-0.39, 0.29) is 11.3 Å². The molecule has 0 aliphatic rings.